The maximum absolute atomic E-state index is 13.4. The average molecular weight is 250 g/mol. The molecule has 0 aliphatic carbocycles. The third-order valence-electron chi connectivity index (χ3n) is 2.45. The first kappa shape index (κ1) is 13.8. The summed E-state index contributed by atoms with van der Waals surface area (Å²) in [4.78, 5) is 11.0. The molecule has 0 aliphatic rings. The van der Waals surface area contributed by atoms with E-state index in [1.54, 1.807) is 47.3 Å². The molecule has 2 rings (SSSR count). The summed E-state index contributed by atoms with van der Waals surface area (Å²) in [6.45, 7) is 0.369. The molecule has 1 aromatic heterocycles. The SMILES string of the molecule is NC(=O)c1ccc[n+](Cc2ccccc2F)c1.[F-]. The zero-order chi connectivity index (χ0) is 12.3. The van der Waals surface area contributed by atoms with E-state index >= 15 is 0 Å². The van der Waals surface area contributed by atoms with Crippen LogP contribution in [0.25, 0.3) is 0 Å². The molecule has 1 heterocycles. The van der Waals surface area contributed by atoms with Gasteiger partial charge in [-0.05, 0) is 18.2 Å². The highest BCUT2D eigenvalue weighted by molar-refractivity contribution is 5.92. The third kappa shape index (κ3) is 3.10. The fourth-order valence-electron chi connectivity index (χ4n) is 1.59. The zero-order valence-corrected chi connectivity index (χ0v) is 9.51. The predicted molar refractivity (Wildman–Crippen MR) is 60.7 cm³/mol. The molecule has 0 bridgehead atoms. The lowest BCUT2D eigenvalue weighted by Crippen LogP contribution is -3.00. The number of hydrogen-bond acceptors (Lipinski definition) is 1. The number of halogens is 2. The van der Waals surface area contributed by atoms with Gasteiger partial charge in [-0.1, -0.05) is 12.1 Å². The van der Waals surface area contributed by atoms with Crippen LogP contribution in [-0.2, 0) is 6.54 Å². The molecular weight excluding hydrogens is 238 g/mol. The van der Waals surface area contributed by atoms with Gasteiger partial charge in [0, 0.05) is 6.07 Å². The van der Waals surface area contributed by atoms with Gasteiger partial charge in [-0.3, -0.25) is 4.79 Å². The van der Waals surface area contributed by atoms with E-state index in [1.807, 2.05) is 0 Å². The second-order valence-corrected chi connectivity index (χ2v) is 3.72. The van der Waals surface area contributed by atoms with Gasteiger partial charge in [0.2, 0.25) is 0 Å². The minimum atomic E-state index is -0.493. The summed E-state index contributed by atoms with van der Waals surface area (Å²) in [5.41, 5.74) is 6.15. The van der Waals surface area contributed by atoms with Crippen molar-refractivity contribution in [2.45, 2.75) is 6.54 Å². The van der Waals surface area contributed by atoms with Crippen LogP contribution in [0.1, 0.15) is 15.9 Å². The molecule has 0 spiro atoms. The highest BCUT2D eigenvalue weighted by atomic mass is 19.1. The zero-order valence-electron chi connectivity index (χ0n) is 9.51. The van der Waals surface area contributed by atoms with Gasteiger partial charge in [0.15, 0.2) is 18.9 Å². The van der Waals surface area contributed by atoms with Gasteiger partial charge < -0.3 is 10.4 Å². The molecule has 0 saturated carbocycles. The van der Waals surface area contributed by atoms with Gasteiger partial charge >= 0.3 is 0 Å². The lowest BCUT2D eigenvalue weighted by molar-refractivity contribution is -0.688. The number of primary amides is 1. The quantitative estimate of drug-likeness (QED) is 0.646. The van der Waals surface area contributed by atoms with E-state index in [9.17, 15) is 9.18 Å². The Bertz CT molecular complexity index is 558. The monoisotopic (exact) mass is 250 g/mol. The van der Waals surface area contributed by atoms with Gasteiger partial charge in [0.1, 0.15) is 11.4 Å². The molecule has 0 saturated heterocycles. The molecule has 1 aromatic carbocycles. The minimum absolute atomic E-state index is 0. The summed E-state index contributed by atoms with van der Waals surface area (Å²) < 4.78 is 15.2. The Balaban J connectivity index is 0.00000162. The first-order valence-electron chi connectivity index (χ1n) is 5.19. The van der Waals surface area contributed by atoms with Gasteiger partial charge in [-0.2, -0.15) is 4.57 Å². The second-order valence-electron chi connectivity index (χ2n) is 3.72. The molecule has 18 heavy (non-hydrogen) atoms. The number of nitrogens with zero attached hydrogens (tertiary/aromatic N) is 1. The lowest BCUT2D eigenvalue weighted by atomic mass is 10.2. The Kier molecular flexibility index (Phi) is 4.48. The van der Waals surface area contributed by atoms with E-state index < -0.39 is 5.91 Å². The number of pyridine rings is 1. The summed E-state index contributed by atoms with van der Waals surface area (Å²) in [6.07, 6.45) is 3.37. The Labute approximate surface area is 103 Å². The summed E-state index contributed by atoms with van der Waals surface area (Å²) in [6, 6.07) is 9.87. The van der Waals surface area contributed by atoms with Crippen molar-refractivity contribution >= 4 is 5.91 Å². The molecule has 5 heteroatoms. The molecule has 2 N–H and O–H groups in total. The number of benzene rings is 1. The summed E-state index contributed by atoms with van der Waals surface area (Å²) >= 11 is 0. The highest BCUT2D eigenvalue weighted by Crippen LogP contribution is 2.05. The van der Waals surface area contributed by atoms with E-state index in [0.29, 0.717) is 17.7 Å². The van der Waals surface area contributed by atoms with Crippen LogP contribution in [0.4, 0.5) is 4.39 Å². The standard InChI is InChI=1S/C13H11FN2O.FH/c14-12-6-2-1-4-10(12)8-16-7-3-5-11(9-16)13(15)17;/h1-7,9H,8H2,(H-,15,17);1H. The molecule has 0 atom stereocenters. The molecule has 1 amide bonds. The summed E-state index contributed by atoms with van der Waals surface area (Å²) in [5.74, 6) is -0.752. The molecule has 0 fully saturated rings. The first-order chi connectivity index (χ1) is 8.16. The van der Waals surface area contributed by atoms with Crippen molar-refractivity contribution in [1.29, 1.82) is 0 Å². The average Bonchev–Trinajstić information content (AvgIpc) is 2.32. The largest absolute Gasteiger partial charge is 1.00 e. The Morgan fingerprint density at radius 3 is 2.61 bits per heavy atom. The van der Waals surface area contributed by atoms with Gasteiger partial charge in [-0.25, -0.2) is 4.39 Å². The molecule has 2 aromatic rings. The molecule has 94 valence electrons. The van der Waals surface area contributed by atoms with Crippen LogP contribution in [0, 0.1) is 5.82 Å². The number of nitrogens with two attached hydrogens (primary N) is 1. The molecular formula is C13H12F2N2O. The van der Waals surface area contributed by atoms with Crippen molar-refractivity contribution in [2.24, 2.45) is 5.73 Å². The van der Waals surface area contributed by atoms with E-state index in [0.717, 1.165) is 0 Å². The maximum atomic E-state index is 13.4. The van der Waals surface area contributed by atoms with Crippen LogP contribution in [0.5, 0.6) is 0 Å². The minimum Gasteiger partial charge on any atom is -1.00 e. The third-order valence-corrected chi connectivity index (χ3v) is 2.45. The molecule has 3 nitrogen and oxygen atoms in total. The normalized spacial score (nSPS) is 9.61. The van der Waals surface area contributed by atoms with Crippen LogP contribution in [0.3, 0.4) is 0 Å². The van der Waals surface area contributed by atoms with Crippen molar-refractivity contribution in [1.82, 2.24) is 0 Å². The fourth-order valence-corrected chi connectivity index (χ4v) is 1.59. The Morgan fingerprint density at radius 2 is 1.94 bits per heavy atom. The Morgan fingerprint density at radius 1 is 1.22 bits per heavy atom. The van der Waals surface area contributed by atoms with Gasteiger partial charge in [0.05, 0.1) is 5.56 Å². The van der Waals surface area contributed by atoms with Crippen LogP contribution >= 0.6 is 0 Å². The molecule has 0 radical (unpaired) electrons. The highest BCUT2D eigenvalue weighted by Gasteiger charge is 2.10. The lowest BCUT2D eigenvalue weighted by Gasteiger charge is -2.00. The van der Waals surface area contributed by atoms with Crippen molar-refractivity contribution in [3.05, 3.63) is 65.7 Å². The first-order valence-corrected chi connectivity index (χ1v) is 5.19. The van der Waals surface area contributed by atoms with Crippen molar-refractivity contribution < 1.29 is 18.5 Å². The number of carbonyl (C=O) groups excluding carboxylic acids is 1. The fraction of sp³-hybridized carbons (Fsp3) is 0.0769. The van der Waals surface area contributed by atoms with Crippen molar-refractivity contribution in [3.8, 4) is 0 Å². The van der Waals surface area contributed by atoms with Gasteiger partial charge in [0.25, 0.3) is 5.91 Å². The van der Waals surface area contributed by atoms with E-state index in [2.05, 4.69) is 0 Å². The van der Waals surface area contributed by atoms with E-state index in [1.165, 1.54) is 6.07 Å². The van der Waals surface area contributed by atoms with Crippen LogP contribution < -0.4 is 15.0 Å². The van der Waals surface area contributed by atoms with E-state index in [-0.39, 0.29) is 10.5 Å². The van der Waals surface area contributed by atoms with Gasteiger partial charge in [-0.15, -0.1) is 0 Å². The van der Waals surface area contributed by atoms with Crippen LogP contribution in [-0.4, -0.2) is 5.91 Å². The smallest absolute Gasteiger partial charge is 0.254 e. The van der Waals surface area contributed by atoms with Crippen LogP contribution in [0.15, 0.2) is 48.8 Å². The Hall–Kier alpha value is -2.30. The van der Waals surface area contributed by atoms with Crippen LogP contribution in [0.2, 0.25) is 0 Å². The maximum Gasteiger partial charge on any atom is 0.254 e. The number of rotatable bonds is 3. The number of carbonyl (C=O) groups is 1. The summed E-state index contributed by atoms with van der Waals surface area (Å²) in [5, 5.41) is 0. The second kappa shape index (κ2) is 5.86. The number of hydrogen-bond donors (Lipinski definition) is 1. The predicted octanol–water partition coefficient (Wildman–Crippen LogP) is -1.74. The van der Waals surface area contributed by atoms with E-state index in [4.69, 9.17) is 5.73 Å². The topological polar surface area (TPSA) is 47.0 Å². The molecule has 0 aliphatic heterocycles. The van der Waals surface area contributed by atoms with Crippen molar-refractivity contribution in [2.75, 3.05) is 0 Å². The van der Waals surface area contributed by atoms with Crippen molar-refractivity contribution in [3.63, 3.8) is 0 Å². The number of amides is 1. The summed E-state index contributed by atoms with van der Waals surface area (Å²) in [7, 11) is 0. The molecule has 0 unspecified atom stereocenters. The number of aromatic nitrogens is 1.